The van der Waals surface area contributed by atoms with Crippen LogP contribution in [0.5, 0.6) is 0 Å². The summed E-state index contributed by atoms with van der Waals surface area (Å²) in [5.74, 6) is 7.00. The largest absolute Gasteiger partial charge is 1.00 e. The third-order valence-corrected chi connectivity index (χ3v) is 0. The van der Waals surface area contributed by atoms with Crippen molar-refractivity contribution in [2.45, 2.75) is 17.3 Å². The molecule has 0 heterocycles. The maximum absolute atomic E-state index is 2.33. The van der Waals surface area contributed by atoms with Gasteiger partial charge >= 0.3 is 31.6 Å². The van der Waals surface area contributed by atoms with E-state index in [1.54, 1.807) is 0 Å². The Kier molecular flexibility index (Phi) is 8.96. The molecule has 0 aromatic heterocycles. The Morgan fingerprint density at radius 3 is 1.00 bits per heavy atom. The fourth-order valence-corrected chi connectivity index (χ4v) is 0. The van der Waals surface area contributed by atoms with Crippen LogP contribution in [0.1, 0.15) is 0 Å². The van der Waals surface area contributed by atoms with Crippen molar-refractivity contribution in [2.24, 2.45) is 0 Å². The van der Waals surface area contributed by atoms with Crippen molar-refractivity contribution in [1.29, 1.82) is 0 Å². The van der Waals surface area contributed by atoms with Crippen LogP contribution in [0.15, 0.2) is 0 Å². The van der Waals surface area contributed by atoms with E-state index in [4.69, 9.17) is 0 Å². The van der Waals surface area contributed by atoms with Crippen LogP contribution in [-0.4, -0.2) is 14.3 Å². The molecule has 0 aliphatic rings. The van der Waals surface area contributed by atoms with Gasteiger partial charge in [-0.2, -0.15) is 0 Å². The third kappa shape index (κ3) is 55.9. The Morgan fingerprint density at radius 2 is 1.00 bits per heavy atom. The van der Waals surface area contributed by atoms with Gasteiger partial charge in [0.25, 0.3) is 0 Å². The molecule has 0 saturated heterocycles. The predicted octanol–water partition coefficient (Wildman–Crippen LogP) is -1.63. The van der Waals surface area contributed by atoms with E-state index in [1.165, 1.54) is 0 Å². The topological polar surface area (TPSA) is 0 Å². The van der Waals surface area contributed by atoms with E-state index in [1.807, 2.05) is 0 Å². The quantitative estimate of drug-likeness (QED) is 0.367. The molecule has 0 atom stereocenters. The smallest absolute Gasteiger partial charge is 1.00 e. The molecule has 5 heavy (non-hydrogen) atoms. The second-order valence-corrected chi connectivity index (χ2v) is 7.79. The summed E-state index contributed by atoms with van der Waals surface area (Å²) in [5, 5.41) is 0. The summed E-state index contributed by atoms with van der Waals surface area (Å²) >= 11 is -0.333. The van der Waals surface area contributed by atoms with Crippen molar-refractivity contribution in [2.75, 3.05) is 0 Å². The first-order valence-corrected chi connectivity index (χ1v) is 7.79. The van der Waals surface area contributed by atoms with Crippen LogP contribution in [0.3, 0.4) is 0 Å². The molecule has 0 spiro atoms. The minimum Gasteiger partial charge on any atom is -1.00 e. The normalized spacial score (nSPS) is 5.40. The maximum Gasteiger partial charge on any atom is -1.00 e. The number of hydrogen-bond donors (Lipinski definition) is 0. The summed E-state index contributed by atoms with van der Waals surface area (Å²) in [5.41, 5.74) is 0. The second kappa shape index (κ2) is 4.83. The predicted molar refractivity (Wildman–Crippen MR) is 23.3 cm³/mol. The standard InChI is InChI=1S/C3H9Ge.ClH/c1-4(2)3;/h1-3H3;1H/q+1;/p-1. The van der Waals surface area contributed by atoms with E-state index in [-0.39, 0.29) is 26.8 Å². The first kappa shape index (κ1) is 9.27. The first-order chi connectivity index (χ1) is 1.73. The average molecular weight is 153 g/mol. The van der Waals surface area contributed by atoms with Gasteiger partial charge in [0.2, 0.25) is 0 Å². The fourth-order valence-electron chi connectivity index (χ4n) is 0. The maximum atomic E-state index is 2.33. The van der Waals surface area contributed by atoms with Crippen molar-refractivity contribution in [3.8, 4) is 0 Å². The Hall–Kier alpha value is 0.833. The van der Waals surface area contributed by atoms with E-state index in [2.05, 4.69) is 17.3 Å². The minimum absolute atomic E-state index is 0. The van der Waals surface area contributed by atoms with Gasteiger partial charge in [0.15, 0.2) is 0 Å². The molecule has 0 aromatic carbocycles. The molecular weight excluding hydrogens is 144 g/mol. The van der Waals surface area contributed by atoms with Gasteiger partial charge in [-0.15, -0.1) is 0 Å². The second-order valence-electron chi connectivity index (χ2n) is 1.50. The molecule has 0 amide bonds. The van der Waals surface area contributed by atoms with Crippen molar-refractivity contribution >= 4 is 14.3 Å². The van der Waals surface area contributed by atoms with E-state index < -0.39 is 0 Å². The Balaban J connectivity index is 0. The van der Waals surface area contributed by atoms with Gasteiger partial charge in [0.05, 0.1) is 0 Å². The summed E-state index contributed by atoms with van der Waals surface area (Å²) in [7, 11) is 0. The average Bonchev–Trinajstić information content (AvgIpc) is 0.811. The molecular formula is C3H9ClGe. The zero-order valence-corrected chi connectivity index (χ0v) is 6.73. The van der Waals surface area contributed by atoms with Crippen molar-refractivity contribution in [3.63, 3.8) is 0 Å². The van der Waals surface area contributed by atoms with Gasteiger partial charge < -0.3 is 12.4 Å². The van der Waals surface area contributed by atoms with Gasteiger partial charge in [-0.05, 0) is 0 Å². The number of halogens is 1. The van der Waals surface area contributed by atoms with Gasteiger partial charge in [-0.1, -0.05) is 0 Å². The fraction of sp³-hybridized carbons (Fsp3) is 1.00. The van der Waals surface area contributed by atoms with Gasteiger partial charge in [-0.3, -0.25) is 0 Å². The van der Waals surface area contributed by atoms with E-state index in [0.29, 0.717) is 0 Å². The molecule has 0 aromatic rings. The molecule has 0 unspecified atom stereocenters. The Morgan fingerprint density at radius 1 is 1.00 bits per heavy atom. The molecule has 32 valence electrons. The monoisotopic (exact) mass is 154 g/mol. The van der Waals surface area contributed by atoms with Crippen LogP contribution >= 0.6 is 0 Å². The van der Waals surface area contributed by atoms with Crippen molar-refractivity contribution in [3.05, 3.63) is 0 Å². The Bertz CT molecular complexity index is 11.6. The molecule has 0 nitrogen and oxygen atoms in total. The summed E-state index contributed by atoms with van der Waals surface area (Å²) in [4.78, 5) is 0. The third-order valence-electron chi connectivity index (χ3n) is 0. The van der Waals surface area contributed by atoms with Crippen molar-refractivity contribution in [1.82, 2.24) is 0 Å². The van der Waals surface area contributed by atoms with Crippen LogP contribution in [-0.2, 0) is 0 Å². The van der Waals surface area contributed by atoms with Gasteiger partial charge in [0, 0.05) is 0 Å². The molecule has 0 aliphatic heterocycles. The molecule has 0 bridgehead atoms. The summed E-state index contributed by atoms with van der Waals surface area (Å²) in [6, 6.07) is 0. The van der Waals surface area contributed by atoms with Gasteiger partial charge in [0.1, 0.15) is 0 Å². The molecule has 0 aliphatic carbocycles. The number of rotatable bonds is 0. The molecule has 0 fully saturated rings. The van der Waals surface area contributed by atoms with Crippen LogP contribution < -0.4 is 12.4 Å². The molecule has 0 radical (unpaired) electrons. The molecule has 0 N–H and O–H groups in total. The summed E-state index contributed by atoms with van der Waals surface area (Å²) in [6.07, 6.45) is 0. The molecule has 0 saturated carbocycles. The van der Waals surface area contributed by atoms with E-state index >= 15 is 0 Å². The van der Waals surface area contributed by atoms with Crippen LogP contribution in [0.2, 0.25) is 17.3 Å². The Labute approximate surface area is 44.5 Å². The van der Waals surface area contributed by atoms with E-state index in [9.17, 15) is 0 Å². The van der Waals surface area contributed by atoms with Crippen LogP contribution in [0.4, 0.5) is 0 Å². The molecule has 0 rings (SSSR count). The first-order valence-electron chi connectivity index (χ1n) is 1.50. The summed E-state index contributed by atoms with van der Waals surface area (Å²) < 4.78 is 0. The zero-order chi connectivity index (χ0) is 3.58. The van der Waals surface area contributed by atoms with Gasteiger partial charge in [-0.25, -0.2) is 0 Å². The minimum atomic E-state index is -0.333. The summed E-state index contributed by atoms with van der Waals surface area (Å²) in [6.45, 7) is 0. The molecule has 2 heteroatoms. The van der Waals surface area contributed by atoms with E-state index in [0.717, 1.165) is 0 Å². The van der Waals surface area contributed by atoms with Crippen molar-refractivity contribution < 1.29 is 12.4 Å². The van der Waals surface area contributed by atoms with Crippen LogP contribution in [0.25, 0.3) is 0 Å². The number of hydrogen-bond acceptors (Lipinski definition) is 0. The zero-order valence-electron chi connectivity index (χ0n) is 3.88. The van der Waals surface area contributed by atoms with Crippen LogP contribution in [0, 0.1) is 0 Å². The SMILES string of the molecule is [CH3][Ge+]([CH3])[CH3].[Cl-].